The van der Waals surface area contributed by atoms with E-state index < -0.39 is 5.25 Å². The number of nitrogens with zero attached hydrogens (tertiary/aromatic N) is 2. The summed E-state index contributed by atoms with van der Waals surface area (Å²) in [4.78, 5) is 17.6. The molecule has 1 N–H and O–H groups in total. The molecule has 4 aromatic rings. The van der Waals surface area contributed by atoms with Crippen LogP contribution in [0.4, 0.5) is 5.69 Å². The first-order valence-electron chi connectivity index (χ1n) is 10.3. The number of amides is 1. The first kappa shape index (κ1) is 22.6. The maximum atomic E-state index is 12.8. The van der Waals surface area contributed by atoms with Crippen molar-refractivity contribution in [1.82, 2.24) is 4.98 Å². The van der Waals surface area contributed by atoms with Gasteiger partial charge in [0.15, 0.2) is 0 Å². The maximum absolute atomic E-state index is 12.8. The van der Waals surface area contributed by atoms with E-state index in [9.17, 15) is 10.1 Å². The van der Waals surface area contributed by atoms with E-state index in [0.717, 1.165) is 28.1 Å². The fourth-order valence-corrected chi connectivity index (χ4v) is 4.37. The predicted molar refractivity (Wildman–Crippen MR) is 135 cm³/mol. The van der Waals surface area contributed by atoms with Crippen molar-refractivity contribution in [3.05, 3.63) is 102 Å². The SMILES string of the molecule is CC(Sc1nc(-c2ccccc2)cc(-c2ccc(Cl)cc2)c1C#N)C(=O)Nc1ccccc1. The Morgan fingerprint density at radius 1 is 0.970 bits per heavy atom. The monoisotopic (exact) mass is 469 g/mol. The van der Waals surface area contributed by atoms with Crippen LogP contribution in [0.25, 0.3) is 22.4 Å². The van der Waals surface area contributed by atoms with Crippen LogP contribution in [-0.2, 0) is 4.79 Å². The number of nitrogens with one attached hydrogen (secondary N) is 1. The van der Waals surface area contributed by atoms with Gasteiger partial charge in [-0.2, -0.15) is 5.26 Å². The number of aromatic nitrogens is 1. The van der Waals surface area contributed by atoms with E-state index in [1.165, 1.54) is 11.8 Å². The van der Waals surface area contributed by atoms with Crippen LogP contribution in [0.2, 0.25) is 5.02 Å². The van der Waals surface area contributed by atoms with Crippen LogP contribution in [0, 0.1) is 11.3 Å². The molecule has 1 amide bonds. The van der Waals surface area contributed by atoms with Crippen LogP contribution in [0.1, 0.15) is 12.5 Å². The third-order valence-corrected chi connectivity index (χ3v) is 6.36. The van der Waals surface area contributed by atoms with Crippen molar-refractivity contribution in [2.75, 3.05) is 5.32 Å². The van der Waals surface area contributed by atoms with E-state index in [2.05, 4.69) is 11.4 Å². The summed E-state index contributed by atoms with van der Waals surface area (Å²) in [6.45, 7) is 1.81. The van der Waals surface area contributed by atoms with Gasteiger partial charge in [-0.15, -0.1) is 0 Å². The van der Waals surface area contributed by atoms with Crippen LogP contribution in [0.3, 0.4) is 0 Å². The lowest BCUT2D eigenvalue weighted by molar-refractivity contribution is -0.115. The van der Waals surface area contributed by atoms with Gasteiger partial charge in [0.25, 0.3) is 0 Å². The highest BCUT2D eigenvalue weighted by Gasteiger charge is 2.21. The zero-order valence-electron chi connectivity index (χ0n) is 17.8. The molecular weight excluding hydrogens is 450 g/mol. The van der Waals surface area contributed by atoms with Crippen LogP contribution >= 0.6 is 23.4 Å². The van der Waals surface area contributed by atoms with Gasteiger partial charge in [0.1, 0.15) is 11.1 Å². The summed E-state index contributed by atoms with van der Waals surface area (Å²) >= 11 is 7.35. The fourth-order valence-electron chi connectivity index (χ4n) is 3.32. The summed E-state index contributed by atoms with van der Waals surface area (Å²) in [6.07, 6.45) is 0. The molecule has 162 valence electrons. The highest BCUT2D eigenvalue weighted by Crippen LogP contribution is 2.36. The largest absolute Gasteiger partial charge is 0.325 e. The van der Waals surface area contributed by atoms with Crippen LogP contribution < -0.4 is 5.32 Å². The molecule has 4 nitrogen and oxygen atoms in total. The lowest BCUT2D eigenvalue weighted by atomic mass is 9.99. The molecule has 6 heteroatoms. The lowest BCUT2D eigenvalue weighted by Gasteiger charge is -2.16. The van der Waals surface area contributed by atoms with Crippen molar-refractivity contribution in [3.63, 3.8) is 0 Å². The van der Waals surface area contributed by atoms with Gasteiger partial charge < -0.3 is 5.32 Å². The molecule has 0 fully saturated rings. The Morgan fingerprint density at radius 3 is 2.24 bits per heavy atom. The molecule has 1 unspecified atom stereocenters. The number of hydrogen-bond acceptors (Lipinski definition) is 4. The summed E-state index contributed by atoms with van der Waals surface area (Å²) in [5.41, 5.74) is 4.43. The minimum atomic E-state index is -0.464. The average Bonchev–Trinajstić information content (AvgIpc) is 2.85. The normalized spacial score (nSPS) is 11.4. The van der Waals surface area contributed by atoms with Gasteiger partial charge in [0, 0.05) is 21.8 Å². The van der Waals surface area contributed by atoms with Crippen molar-refractivity contribution in [2.24, 2.45) is 0 Å². The maximum Gasteiger partial charge on any atom is 0.237 e. The molecule has 3 aromatic carbocycles. The van der Waals surface area contributed by atoms with E-state index >= 15 is 0 Å². The molecule has 33 heavy (non-hydrogen) atoms. The van der Waals surface area contributed by atoms with Crippen molar-refractivity contribution < 1.29 is 4.79 Å². The molecule has 0 radical (unpaired) electrons. The minimum absolute atomic E-state index is 0.157. The Labute approximate surface area is 202 Å². The lowest BCUT2D eigenvalue weighted by Crippen LogP contribution is -2.22. The van der Waals surface area contributed by atoms with Crippen LogP contribution in [-0.4, -0.2) is 16.1 Å². The molecule has 1 heterocycles. The first-order valence-corrected chi connectivity index (χ1v) is 11.6. The van der Waals surface area contributed by atoms with Gasteiger partial charge >= 0.3 is 0 Å². The highest BCUT2D eigenvalue weighted by atomic mass is 35.5. The number of halogens is 1. The molecule has 1 aromatic heterocycles. The molecule has 0 aliphatic carbocycles. The smallest absolute Gasteiger partial charge is 0.237 e. The number of anilines is 1. The zero-order chi connectivity index (χ0) is 23.2. The number of rotatable bonds is 6. The zero-order valence-corrected chi connectivity index (χ0v) is 19.4. The summed E-state index contributed by atoms with van der Waals surface area (Å²) in [5, 5.41) is 13.6. The van der Waals surface area contributed by atoms with E-state index in [1.54, 1.807) is 12.1 Å². The molecule has 0 spiro atoms. The minimum Gasteiger partial charge on any atom is -0.325 e. The second kappa shape index (κ2) is 10.4. The average molecular weight is 470 g/mol. The van der Waals surface area contributed by atoms with Crippen LogP contribution in [0.15, 0.2) is 96.0 Å². The third-order valence-electron chi connectivity index (χ3n) is 5.02. The Balaban J connectivity index is 1.74. The molecule has 0 aliphatic rings. The molecular formula is C27H20ClN3OS. The quantitative estimate of drug-likeness (QED) is 0.307. The van der Waals surface area contributed by atoms with Crippen LogP contribution in [0.5, 0.6) is 0 Å². The van der Waals surface area contributed by atoms with Gasteiger partial charge in [0.05, 0.1) is 16.5 Å². The predicted octanol–water partition coefficient (Wildman–Crippen LogP) is 7.06. The fraction of sp³-hybridized carbons (Fsp3) is 0.0741. The summed E-state index contributed by atoms with van der Waals surface area (Å²) in [6, 6.07) is 30.6. The number of thioether (sulfide) groups is 1. The number of pyridine rings is 1. The Bertz CT molecular complexity index is 1300. The van der Waals surface area contributed by atoms with Gasteiger partial charge in [-0.05, 0) is 42.8 Å². The Kier molecular flexibility index (Phi) is 7.09. The van der Waals surface area contributed by atoms with E-state index in [4.69, 9.17) is 16.6 Å². The van der Waals surface area contributed by atoms with Crippen molar-refractivity contribution >= 4 is 35.0 Å². The second-order valence-electron chi connectivity index (χ2n) is 7.34. The molecule has 4 rings (SSSR count). The number of carbonyl (C=O) groups excluding carboxylic acids is 1. The first-order chi connectivity index (χ1) is 16.0. The van der Waals surface area contributed by atoms with E-state index in [1.807, 2.05) is 85.8 Å². The third kappa shape index (κ3) is 5.43. The Hall–Kier alpha value is -3.59. The van der Waals surface area contributed by atoms with E-state index in [-0.39, 0.29) is 5.91 Å². The van der Waals surface area contributed by atoms with Crippen molar-refractivity contribution in [1.29, 1.82) is 5.26 Å². The number of carbonyl (C=O) groups is 1. The van der Waals surface area contributed by atoms with Gasteiger partial charge in [-0.3, -0.25) is 4.79 Å². The Morgan fingerprint density at radius 2 is 1.61 bits per heavy atom. The molecule has 0 aliphatic heterocycles. The standard InChI is InChI=1S/C27H20ClN3OS/c1-18(26(32)30-22-10-6-3-7-11-22)33-27-24(17-29)23(19-12-14-21(28)15-13-19)16-25(31-27)20-8-4-2-5-9-20/h2-16,18H,1H3,(H,30,32). The summed E-state index contributed by atoms with van der Waals surface area (Å²) < 4.78 is 0. The van der Waals surface area contributed by atoms with Gasteiger partial charge in [-0.1, -0.05) is 84.0 Å². The number of para-hydroxylation sites is 1. The number of benzene rings is 3. The van der Waals surface area contributed by atoms with Crippen molar-refractivity contribution in [3.8, 4) is 28.5 Å². The molecule has 0 bridgehead atoms. The summed E-state index contributed by atoms with van der Waals surface area (Å²) in [5.74, 6) is -0.157. The van der Waals surface area contributed by atoms with Crippen molar-refractivity contribution in [2.45, 2.75) is 17.2 Å². The van der Waals surface area contributed by atoms with Gasteiger partial charge in [-0.25, -0.2) is 4.98 Å². The number of nitriles is 1. The van der Waals surface area contributed by atoms with Gasteiger partial charge in [0.2, 0.25) is 5.91 Å². The number of hydrogen-bond donors (Lipinski definition) is 1. The molecule has 1 atom stereocenters. The molecule has 0 saturated heterocycles. The second-order valence-corrected chi connectivity index (χ2v) is 9.10. The molecule has 0 saturated carbocycles. The summed E-state index contributed by atoms with van der Waals surface area (Å²) in [7, 11) is 0. The topological polar surface area (TPSA) is 65.8 Å². The van der Waals surface area contributed by atoms with E-state index in [0.29, 0.717) is 15.6 Å². The highest BCUT2D eigenvalue weighted by molar-refractivity contribution is 8.00.